The lowest BCUT2D eigenvalue weighted by Gasteiger charge is -2.05. The van der Waals surface area contributed by atoms with Crippen LogP contribution in [0.4, 0.5) is 8.78 Å². The minimum absolute atomic E-state index is 0.152. The SMILES string of the molecule is CNC(=O)CCn1ccc(-c2nnc(C(F)F)o2)cc1=O. The highest BCUT2D eigenvalue weighted by Crippen LogP contribution is 2.21. The average molecular weight is 298 g/mol. The van der Waals surface area contributed by atoms with E-state index in [4.69, 9.17) is 4.42 Å². The van der Waals surface area contributed by atoms with Crippen LogP contribution in [0.1, 0.15) is 18.7 Å². The van der Waals surface area contributed by atoms with Gasteiger partial charge in [-0.1, -0.05) is 0 Å². The van der Waals surface area contributed by atoms with Crippen molar-refractivity contribution in [2.75, 3.05) is 7.05 Å². The summed E-state index contributed by atoms with van der Waals surface area (Å²) in [6.07, 6.45) is -1.27. The van der Waals surface area contributed by atoms with E-state index in [-0.39, 0.29) is 30.3 Å². The van der Waals surface area contributed by atoms with E-state index in [0.29, 0.717) is 0 Å². The molecule has 0 unspecified atom stereocenters. The van der Waals surface area contributed by atoms with Gasteiger partial charge in [-0.15, -0.1) is 10.2 Å². The summed E-state index contributed by atoms with van der Waals surface area (Å²) in [6, 6.07) is 2.67. The molecule has 0 radical (unpaired) electrons. The predicted octanol–water partition coefficient (Wildman–Crippen LogP) is 0.972. The van der Waals surface area contributed by atoms with Crippen molar-refractivity contribution in [2.24, 2.45) is 0 Å². The van der Waals surface area contributed by atoms with Crippen molar-refractivity contribution in [2.45, 2.75) is 19.4 Å². The third-order valence-electron chi connectivity index (χ3n) is 2.73. The quantitative estimate of drug-likeness (QED) is 0.888. The first-order valence-electron chi connectivity index (χ1n) is 6.04. The van der Waals surface area contributed by atoms with E-state index in [9.17, 15) is 18.4 Å². The molecule has 21 heavy (non-hydrogen) atoms. The molecule has 0 aliphatic heterocycles. The van der Waals surface area contributed by atoms with Crippen molar-refractivity contribution in [1.82, 2.24) is 20.1 Å². The van der Waals surface area contributed by atoms with Gasteiger partial charge in [0, 0.05) is 37.8 Å². The number of aryl methyl sites for hydroxylation is 1. The van der Waals surface area contributed by atoms with Gasteiger partial charge in [-0.3, -0.25) is 9.59 Å². The smallest absolute Gasteiger partial charge is 0.314 e. The number of nitrogens with zero attached hydrogens (tertiary/aromatic N) is 3. The Kier molecular flexibility index (Phi) is 4.41. The molecule has 0 aliphatic rings. The zero-order valence-electron chi connectivity index (χ0n) is 11.0. The first kappa shape index (κ1) is 14.8. The Labute approximate surface area is 117 Å². The Hall–Kier alpha value is -2.58. The van der Waals surface area contributed by atoms with Crippen LogP contribution < -0.4 is 10.9 Å². The molecule has 9 heteroatoms. The molecule has 1 amide bonds. The van der Waals surface area contributed by atoms with Crippen LogP contribution in [0.15, 0.2) is 27.5 Å². The molecule has 112 valence electrons. The summed E-state index contributed by atoms with van der Waals surface area (Å²) in [5.41, 5.74) is -0.149. The van der Waals surface area contributed by atoms with Gasteiger partial charge in [0.2, 0.25) is 11.8 Å². The number of hydrogen-bond acceptors (Lipinski definition) is 5. The van der Waals surface area contributed by atoms with Crippen LogP contribution in [-0.2, 0) is 11.3 Å². The number of carbonyl (C=O) groups excluding carboxylic acids is 1. The fourth-order valence-corrected chi connectivity index (χ4v) is 1.61. The Balaban J connectivity index is 2.18. The van der Waals surface area contributed by atoms with Crippen molar-refractivity contribution in [3.05, 3.63) is 34.6 Å². The number of halogens is 2. The molecular formula is C12H12F2N4O3. The minimum Gasteiger partial charge on any atom is -0.415 e. The molecule has 0 aliphatic carbocycles. The van der Waals surface area contributed by atoms with Gasteiger partial charge in [0.15, 0.2) is 0 Å². The Bertz CT molecular complexity index is 696. The van der Waals surface area contributed by atoms with Gasteiger partial charge >= 0.3 is 6.43 Å². The van der Waals surface area contributed by atoms with Crippen LogP contribution in [0, 0.1) is 0 Å². The number of hydrogen-bond donors (Lipinski definition) is 1. The third kappa shape index (κ3) is 3.50. The summed E-state index contributed by atoms with van der Waals surface area (Å²) in [7, 11) is 1.50. The number of rotatable bonds is 5. The van der Waals surface area contributed by atoms with E-state index in [1.165, 1.54) is 29.9 Å². The van der Waals surface area contributed by atoms with E-state index in [2.05, 4.69) is 15.5 Å². The lowest BCUT2D eigenvalue weighted by atomic mass is 10.2. The summed E-state index contributed by atoms with van der Waals surface area (Å²) < 4.78 is 30.8. The molecule has 0 bridgehead atoms. The summed E-state index contributed by atoms with van der Waals surface area (Å²) in [5, 5.41) is 9.09. The minimum atomic E-state index is -2.86. The molecule has 0 aromatic carbocycles. The lowest BCUT2D eigenvalue weighted by Crippen LogP contribution is -2.24. The van der Waals surface area contributed by atoms with Crippen LogP contribution >= 0.6 is 0 Å². The highest BCUT2D eigenvalue weighted by Gasteiger charge is 2.17. The van der Waals surface area contributed by atoms with E-state index < -0.39 is 17.9 Å². The number of carbonyl (C=O) groups is 1. The molecule has 2 aromatic rings. The molecular weight excluding hydrogens is 286 g/mol. The lowest BCUT2D eigenvalue weighted by molar-refractivity contribution is -0.120. The van der Waals surface area contributed by atoms with Crippen molar-refractivity contribution in [3.8, 4) is 11.5 Å². The zero-order valence-corrected chi connectivity index (χ0v) is 11.0. The van der Waals surface area contributed by atoms with Crippen LogP contribution in [0.3, 0.4) is 0 Å². The number of pyridine rings is 1. The molecule has 0 saturated carbocycles. The van der Waals surface area contributed by atoms with Gasteiger partial charge in [-0.05, 0) is 6.07 Å². The Morgan fingerprint density at radius 1 is 1.48 bits per heavy atom. The van der Waals surface area contributed by atoms with Gasteiger partial charge in [0.25, 0.3) is 11.4 Å². The second kappa shape index (κ2) is 6.25. The van der Waals surface area contributed by atoms with Gasteiger partial charge in [0.05, 0.1) is 0 Å². The number of alkyl halides is 2. The van der Waals surface area contributed by atoms with Gasteiger partial charge in [-0.25, -0.2) is 0 Å². The summed E-state index contributed by atoms with van der Waals surface area (Å²) in [4.78, 5) is 23.0. The molecule has 0 spiro atoms. The van der Waals surface area contributed by atoms with Gasteiger partial charge in [0.1, 0.15) is 0 Å². The standard InChI is InChI=1S/C12H12F2N4O3/c1-15-8(19)3-5-18-4-2-7(6-9(18)20)11-16-17-12(21-11)10(13)14/h2,4,6,10H,3,5H2,1H3,(H,15,19). The first-order valence-corrected chi connectivity index (χ1v) is 6.04. The number of amides is 1. The predicted molar refractivity (Wildman–Crippen MR) is 67.6 cm³/mol. The number of nitrogens with one attached hydrogen (secondary N) is 1. The van der Waals surface area contributed by atoms with Crippen LogP contribution in [0.2, 0.25) is 0 Å². The van der Waals surface area contributed by atoms with Crippen LogP contribution in [0.25, 0.3) is 11.5 Å². The maximum atomic E-state index is 12.3. The summed E-state index contributed by atoms with van der Waals surface area (Å²) in [6.45, 7) is 0.213. The van der Waals surface area contributed by atoms with Gasteiger partial charge < -0.3 is 14.3 Å². The van der Waals surface area contributed by atoms with E-state index in [1.807, 2.05) is 0 Å². The topological polar surface area (TPSA) is 90.0 Å². The third-order valence-corrected chi connectivity index (χ3v) is 2.73. The molecule has 0 atom stereocenters. The van der Waals surface area contributed by atoms with E-state index in [0.717, 1.165) is 0 Å². The normalized spacial score (nSPS) is 10.9. The molecule has 7 nitrogen and oxygen atoms in total. The highest BCUT2D eigenvalue weighted by atomic mass is 19.3. The second-order valence-corrected chi connectivity index (χ2v) is 4.12. The van der Waals surface area contributed by atoms with Crippen molar-refractivity contribution < 1.29 is 18.0 Å². The monoisotopic (exact) mass is 298 g/mol. The van der Waals surface area contributed by atoms with E-state index in [1.54, 1.807) is 0 Å². The fraction of sp³-hybridized carbons (Fsp3) is 0.333. The Morgan fingerprint density at radius 2 is 2.24 bits per heavy atom. The Morgan fingerprint density at radius 3 is 2.81 bits per heavy atom. The highest BCUT2D eigenvalue weighted by molar-refractivity contribution is 5.75. The molecule has 2 aromatic heterocycles. The van der Waals surface area contributed by atoms with Crippen LogP contribution in [0.5, 0.6) is 0 Å². The maximum Gasteiger partial charge on any atom is 0.314 e. The second-order valence-electron chi connectivity index (χ2n) is 4.12. The molecule has 0 fully saturated rings. The zero-order chi connectivity index (χ0) is 15.4. The average Bonchev–Trinajstić information content (AvgIpc) is 2.95. The van der Waals surface area contributed by atoms with Crippen molar-refractivity contribution in [1.29, 1.82) is 0 Å². The number of aromatic nitrogens is 3. The first-order chi connectivity index (χ1) is 10.0. The van der Waals surface area contributed by atoms with E-state index >= 15 is 0 Å². The van der Waals surface area contributed by atoms with Gasteiger partial charge in [-0.2, -0.15) is 8.78 Å². The summed E-state index contributed by atoms with van der Waals surface area (Å²) >= 11 is 0. The molecule has 2 heterocycles. The largest absolute Gasteiger partial charge is 0.415 e. The molecule has 1 N–H and O–H groups in total. The summed E-state index contributed by atoms with van der Waals surface area (Å²) in [5.74, 6) is -1.14. The van der Waals surface area contributed by atoms with Crippen molar-refractivity contribution in [3.63, 3.8) is 0 Å². The fourth-order valence-electron chi connectivity index (χ4n) is 1.61. The van der Waals surface area contributed by atoms with Crippen molar-refractivity contribution >= 4 is 5.91 Å². The maximum absolute atomic E-state index is 12.3. The molecule has 2 rings (SSSR count). The molecule has 0 saturated heterocycles. The van der Waals surface area contributed by atoms with Crippen LogP contribution in [-0.4, -0.2) is 27.7 Å².